The molecule has 0 atom stereocenters. The quantitative estimate of drug-likeness (QED) is 0.731. The third-order valence-corrected chi connectivity index (χ3v) is 3.26. The summed E-state index contributed by atoms with van der Waals surface area (Å²) in [5.41, 5.74) is 1.94. The molecule has 1 aliphatic rings. The summed E-state index contributed by atoms with van der Waals surface area (Å²) in [5, 5.41) is 0. The van der Waals surface area contributed by atoms with Crippen LogP contribution < -0.4 is 0 Å². The van der Waals surface area contributed by atoms with Crippen LogP contribution in [0.3, 0.4) is 0 Å². The van der Waals surface area contributed by atoms with Crippen molar-refractivity contribution < 1.29 is 4.39 Å². The highest BCUT2D eigenvalue weighted by Gasteiger charge is 2.31. The summed E-state index contributed by atoms with van der Waals surface area (Å²) in [5.74, 6) is 0.620. The SMILES string of the molecule is CC(C)c1c(Br)ncc(F)c1C1CC1. The van der Waals surface area contributed by atoms with E-state index in [-0.39, 0.29) is 5.82 Å². The molecule has 0 saturated heterocycles. The molecule has 0 N–H and O–H groups in total. The summed E-state index contributed by atoms with van der Waals surface area (Å²) in [6.07, 6.45) is 3.56. The Hall–Kier alpha value is -0.440. The number of pyridine rings is 1. The summed E-state index contributed by atoms with van der Waals surface area (Å²) in [6.45, 7) is 4.15. The monoisotopic (exact) mass is 257 g/mol. The molecule has 1 aliphatic carbocycles. The van der Waals surface area contributed by atoms with Gasteiger partial charge in [0.1, 0.15) is 10.4 Å². The van der Waals surface area contributed by atoms with Crippen molar-refractivity contribution in [3.8, 4) is 0 Å². The third-order valence-electron chi connectivity index (χ3n) is 2.62. The van der Waals surface area contributed by atoms with E-state index in [1.165, 1.54) is 6.20 Å². The Morgan fingerprint density at radius 2 is 2.14 bits per heavy atom. The fourth-order valence-corrected chi connectivity index (χ4v) is 2.60. The van der Waals surface area contributed by atoms with E-state index in [0.717, 1.165) is 28.6 Å². The molecule has 1 heterocycles. The van der Waals surface area contributed by atoms with Gasteiger partial charge in [0.15, 0.2) is 0 Å². The maximum absolute atomic E-state index is 13.6. The molecule has 1 nitrogen and oxygen atoms in total. The molecular formula is C11H13BrFN. The molecule has 1 saturated carbocycles. The van der Waals surface area contributed by atoms with Crippen molar-refractivity contribution in [3.05, 3.63) is 27.7 Å². The molecular weight excluding hydrogens is 245 g/mol. The minimum atomic E-state index is -0.139. The lowest BCUT2D eigenvalue weighted by atomic mass is 9.96. The van der Waals surface area contributed by atoms with Crippen molar-refractivity contribution in [1.82, 2.24) is 4.98 Å². The molecule has 14 heavy (non-hydrogen) atoms. The Morgan fingerprint density at radius 1 is 1.50 bits per heavy atom. The van der Waals surface area contributed by atoms with E-state index in [1.54, 1.807) is 0 Å². The lowest BCUT2D eigenvalue weighted by molar-refractivity contribution is 0.594. The average molecular weight is 258 g/mol. The number of hydrogen-bond acceptors (Lipinski definition) is 1. The molecule has 0 amide bonds. The molecule has 0 bridgehead atoms. The molecule has 76 valence electrons. The van der Waals surface area contributed by atoms with Gasteiger partial charge in [0.2, 0.25) is 0 Å². The van der Waals surface area contributed by atoms with Gasteiger partial charge in [-0.3, -0.25) is 0 Å². The fourth-order valence-electron chi connectivity index (χ4n) is 1.83. The smallest absolute Gasteiger partial charge is 0.145 e. The first kappa shape index (κ1) is 10.1. The maximum atomic E-state index is 13.6. The van der Waals surface area contributed by atoms with Gasteiger partial charge in [-0.05, 0) is 51.7 Å². The molecule has 0 unspecified atom stereocenters. The van der Waals surface area contributed by atoms with E-state index < -0.39 is 0 Å². The topological polar surface area (TPSA) is 12.9 Å². The van der Waals surface area contributed by atoms with Crippen LogP contribution in [0.5, 0.6) is 0 Å². The number of rotatable bonds is 2. The minimum Gasteiger partial charge on any atom is -0.246 e. The lowest BCUT2D eigenvalue weighted by Crippen LogP contribution is -2.02. The molecule has 0 aliphatic heterocycles. The second-order valence-corrected chi connectivity index (χ2v) is 4.90. The van der Waals surface area contributed by atoms with Gasteiger partial charge in [-0.15, -0.1) is 0 Å². The highest BCUT2D eigenvalue weighted by Crippen LogP contribution is 2.45. The summed E-state index contributed by atoms with van der Waals surface area (Å²) in [6, 6.07) is 0. The number of aromatic nitrogens is 1. The summed E-state index contributed by atoms with van der Waals surface area (Å²) in [7, 11) is 0. The van der Waals surface area contributed by atoms with Crippen LogP contribution in [0.1, 0.15) is 49.7 Å². The fraction of sp³-hybridized carbons (Fsp3) is 0.545. The van der Waals surface area contributed by atoms with Crippen molar-refractivity contribution in [3.63, 3.8) is 0 Å². The number of hydrogen-bond donors (Lipinski definition) is 0. The second kappa shape index (κ2) is 3.61. The number of nitrogens with zero attached hydrogens (tertiary/aromatic N) is 1. The van der Waals surface area contributed by atoms with Crippen LogP contribution in [-0.2, 0) is 0 Å². The Bertz CT molecular complexity index is 332. The number of halogens is 2. The first-order valence-electron chi connectivity index (χ1n) is 4.95. The van der Waals surface area contributed by atoms with Gasteiger partial charge in [-0.25, -0.2) is 9.37 Å². The molecule has 0 aromatic carbocycles. The molecule has 1 aromatic heterocycles. The van der Waals surface area contributed by atoms with Crippen molar-refractivity contribution in [2.75, 3.05) is 0 Å². The maximum Gasteiger partial charge on any atom is 0.145 e. The Balaban J connectivity index is 2.57. The van der Waals surface area contributed by atoms with Gasteiger partial charge >= 0.3 is 0 Å². The van der Waals surface area contributed by atoms with Crippen LogP contribution in [0.15, 0.2) is 10.8 Å². The van der Waals surface area contributed by atoms with Crippen LogP contribution >= 0.6 is 15.9 Å². The summed E-state index contributed by atoms with van der Waals surface area (Å²) < 4.78 is 14.4. The summed E-state index contributed by atoms with van der Waals surface area (Å²) >= 11 is 3.40. The Labute approximate surface area is 91.9 Å². The largest absolute Gasteiger partial charge is 0.246 e. The van der Waals surface area contributed by atoms with Crippen LogP contribution in [-0.4, -0.2) is 4.98 Å². The van der Waals surface area contributed by atoms with Crippen LogP contribution in [0, 0.1) is 5.82 Å². The van der Waals surface area contributed by atoms with Crippen LogP contribution in [0.2, 0.25) is 0 Å². The highest BCUT2D eigenvalue weighted by molar-refractivity contribution is 9.10. The molecule has 1 fully saturated rings. The zero-order chi connectivity index (χ0) is 10.3. The van der Waals surface area contributed by atoms with Crippen molar-refractivity contribution in [2.45, 2.75) is 38.5 Å². The normalized spacial score (nSPS) is 16.4. The zero-order valence-electron chi connectivity index (χ0n) is 8.35. The van der Waals surface area contributed by atoms with E-state index in [1.807, 2.05) is 0 Å². The standard InChI is InChI=1S/C11H13BrFN/c1-6(2)9-10(7-3-4-7)8(13)5-14-11(9)12/h5-7H,3-4H2,1-2H3. The molecule has 2 rings (SSSR count). The first-order chi connectivity index (χ1) is 6.61. The first-order valence-corrected chi connectivity index (χ1v) is 5.74. The van der Waals surface area contributed by atoms with Crippen LogP contribution in [0.25, 0.3) is 0 Å². The summed E-state index contributed by atoms with van der Waals surface area (Å²) in [4.78, 5) is 4.01. The Kier molecular flexibility index (Phi) is 2.60. The van der Waals surface area contributed by atoms with E-state index in [4.69, 9.17) is 0 Å². The van der Waals surface area contributed by atoms with E-state index in [0.29, 0.717) is 11.8 Å². The van der Waals surface area contributed by atoms with Gasteiger partial charge in [-0.2, -0.15) is 0 Å². The lowest BCUT2D eigenvalue weighted by Gasteiger charge is -2.14. The van der Waals surface area contributed by atoms with Gasteiger partial charge in [-0.1, -0.05) is 13.8 Å². The molecule has 3 heteroatoms. The van der Waals surface area contributed by atoms with E-state index in [9.17, 15) is 4.39 Å². The van der Waals surface area contributed by atoms with Crippen molar-refractivity contribution in [2.24, 2.45) is 0 Å². The van der Waals surface area contributed by atoms with Gasteiger partial charge in [0.25, 0.3) is 0 Å². The predicted octanol–water partition coefficient (Wildman–Crippen LogP) is 3.98. The van der Waals surface area contributed by atoms with E-state index in [2.05, 4.69) is 34.8 Å². The molecule has 0 radical (unpaired) electrons. The average Bonchev–Trinajstić information content (AvgIpc) is 2.91. The van der Waals surface area contributed by atoms with Crippen molar-refractivity contribution >= 4 is 15.9 Å². The minimum absolute atomic E-state index is 0.139. The van der Waals surface area contributed by atoms with Crippen LogP contribution in [0.4, 0.5) is 4.39 Å². The van der Waals surface area contributed by atoms with Gasteiger partial charge in [0, 0.05) is 0 Å². The molecule has 1 aromatic rings. The van der Waals surface area contributed by atoms with Gasteiger partial charge in [0.05, 0.1) is 6.20 Å². The zero-order valence-corrected chi connectivity index (χ0v) is 9.94. The predicted molar refractivity (Wildman–Crippen MR) is 58.0 cm³/mol. The third kappa shape index (κ3) is 1.70. The van der Waals surface area contributed by atoms with Crippen molar-refractivity contribution in [1.29, 1.82) is 0 Å². The second-order valence-electron chi connectivity index (χ2n) is 4.15. The van der Waals surface area contributed by atoms with Gasteiger partial charge < -0.3 is 0 Å². The Morgan fingerprint density at radius 3 is 2.64 bits per heavy atom. The highest BCUT2D eigenvalue weighted by atomic mass is 79.9. The molecule has 0 spiro atoms. The van der Waals surface area contributed by atoms with E-state index >= 15 is 0 Å².